The molecule has 0 radical (unpaired) electrons. The quantitative estimate of drug-likeness (QED) is 0.593. The number of aromatic nitrogens is 1. The van der Waals surface area contributed by atoms with E-state index in [0.29, 0.717) is 0 Å². The molecule has 2 heterocycles. The first kappa shape index (κ1) is 13.0. The predicted molar refractivity (Wildman–Crippen MR) is 66.8 cm³/mol. The van der Waals surface area contributed by atoms with Crippen LogP contribution in [-0.2, 0) is 9.84 Å². The van der Waals surface area contributed by atoms with E-state index in [9.17, 15) is 18.5 Å². The molecule has 1 saturated heterocycles. The van der Waals surface area contributed by atoms with Crippen molar-refractivity contribution in [3.8, 4) is 0 Å². The molecule has 18 heavy (non-hydrogen) atoms. The molecule has 0 bridgehead atoms. The number of pyridine rings is 1. The van der Waals surface area contributed by atoms with E-state index in [-0.39, 0.29) is 41.1 Å². The van der Waals surface area contributed by atoms with E-state index in [1.165, 1.54) is 12.3 Å². The number of hydrogen-bond acceptors (Lipinski definition) is 6. The van der Waals surface area contributed by atoms with Gasteiger partial charge in [0.25, 0.3) is 0 Å². The second-order valence-electron chi connectivity index (χ2n) is 3.89. The lowest BCUT2D eigenvalue weighted by Crippen LogP contribution is -2.41. The fourth-order valence-corrected chi connectivity index (χ4v) is 3.08. The minimum Gasteiger partial charge on any atom is -0.349 e. The Morgan fingerprint density at radius 3 is 2.56 bits per heavy atom. The molecule has 0 unspecified atom stereocenters. The third-order valence-electron chi connectivity index (χ3n) is 2.65. The third kappa shape index (κ3) is 2.70. The molecule has 1 aromatic heterocycles. The fourth-order valence-electron chi connectivity index (χ4n) is 1.72. The van der Waals surface area contributed by atoms with Crippen molar-refractivity contribution in [2.75, 3.05) is 29.5 Å². The molecule has 7 nitrogen and oxygen atoms in total. The Kier molecular flexibility index (Phi) is 3.40. The van der Waals surface area contributed by atoms with Gasteiger partial charge < -0.3 is 4.90 Å². The van der Waals surface area contributed by atoms with Gasteiger partial charge in [-0.2, -0.15) is 0 Å². The van der Waals surface area contributed by atoms with Crippen LogP contribution >= 0.6 is 11.6 Å². The summed E-state index contributed by atoms with van der Waals surface area (Å²) >= 11 is 5.66. The normalized spacial score (nSPS) is 18.6. The van der Waals surface area contributed by atoms with Gasteiger partial charge in [0.15, 0.2) is 9.84 Å². The Bertz CT molecular complexity index is 575. The smallest absolute Gasteiger partial charge is 0.313 e. The van der Waals surface area contributed by atoms with Crippen molar-refractivity contribution in [2.24, 2.45) is 0 Å². The molecule has 0 aliphatic carbocycles. The maximum absolute atomic E-state index is 11.3. The number of rotatable bonds is 2. The summed E-state index contributed by atoms with van der Waals surface area (Å²) in [6.45, 7) is 0.412. The highest BCUT2D eigenvalue weighted by Gasteiger charge is 2.27. The predicted octanol–water partition coefficient (Wildman–Crippen LogP) is 0.878. The second-order valence-corrected chi connectivity index (χ2v) is 6.63. The van der Waals surface area contributed by atoms with Crippen molar-refractivity contribution in [1.82, 2.24) is 4.98 Å². The molecule has 2 rings (SSSR count). The van der Waals surface area contributed by atoms with Crippen LogP contribution in [0.4, 0.5) is 11.5 Å². The lowest BCUT2D eigenvalue weighted by Gasteiger charge is -2.27. The summed E-state index contributed by atoms with van der Waals surface area (Å²) in [6, 6.07) is 1.22. The Morgan fingerprint density at radius 1 is 1.39 bits per heavy atom. The molecule has 0 atom stereocenters. The van der Waals surface area contributed by atoms with E-state index in [0.717, 1.165) is 0 Å². The van der Waals surface area contributed by atoms with Gasteiger partial charge in [-0.15, -0.1) is 0 Å². The Hall–Kier alpha value is -1.41. The van der Waals surface area contributed by atoms with E-state index < -0.39 is 14.8 Å². The molecule has 1 aromatic rings. The molecule has 1 aliphatic heterocycles. The highest BCUT2D eigenvalue weighted by Crippen LogP contribution is 2.29. The number of sulfone groups is 1. The number of nitrogens with zero attached hydrogens (tertiary/aromatic N) is 3. The van der Waals surface area contributed by atoms with Crippen LogP contribution in [0.2, 0.25) is 5.02 Å². The standard InChI is InChI=1S/C9H10ClN3O4S/c10-7-5-8(13(14)15)9(11-6-7)12-1-3-18(16,17)4-2-12/h5-6H,1-4H2. The van der Waals surface area contributed by atoms with Crippen LogP contribution in [0.1, 0.15) is 0 Å². The van der Waals surface area contributed by atoms with Gasteiger partial charge in [0.2, 0.25) is 5.82 Å². The van der Waals surface area contributed by atoms with Crippen molar-refractivity contribution < 1.29 is 13.3 Å². The minimum absolute atomic E-state index is 0.0194. The van der Waals surface area contributed by atoms with Gasteiger partial charge in [-0.05, 0) is 0 Å². The van der Waals surface area contributed by atoms with Crippen LogP contribution in [0.5, 0.6) is 0 Å². The summed E-state index contributed by atoms with van der Waals surface area (Å²) in [4.78, 5) is 15.9. The van der Waals surface area contributed by atoms with Crippen LogP contribution < -0.4 is 4.90 Å². The zero-order valence-corrected chi connectivity index (χ0v) is 10.8. The van der Waals surface area contributed by atoms with Crippen molar-refractivity contribution in [2.45, 2.75) is 0 Å². The van der Waals surface area contributed by atoms with Gasteiger partial charge in [-0.3, -0.25) is 10.1 Å². The van der Waals surface area contributed by atoms with Gasteiger partial charge in [0.05, 0.1) is 21.5 Å². The zero-order valence-electron chi connectivity index (χ0n) is 9.24. The molecule has 0 amide bonds. The summed E-state index contributed by atoms with van der Waals surface area (Å²) in [5.41, 5.74) is -0.207. The molecule has 98 valence electrons. The van der Waals surface area contributed by atoms with Crippen molar-refractivity contribution in [1.29, 1.82) is 0 Å². The lowest BCUT2D eigenvalue weighted by molar-refractivity contribution is -0.384. The first-order chi connectivity index (χ1) is 8.39. The summed E-state index contributed by atoms with van der Waals surface area (Å²) in [7, 11) is -3.03. The average Bonchev–Trinajstić information content (AvgIpc) is 2.29. The summed E-state index contributed by atoms with van der Waals surface area (Å²) in [6.07, 6.45) is 1.31. The van der Waals surface area contributed by atoms with Gasteiger partial charge in [-0.25, -0.2) is 13.4 Å². The Balaban J connectivity index is 2.32. The summed E-state index contributed by atoms with van der Waals surface area (Å²) in [5, 5.41) is 11.1. The first-order valence-corrected chi connectivity index (χ1v) is 7.34. The monoisotopic (exact) mass is 291 g/mol. The lowest BCUT2D eigenvalue weighted by atomic mass is 10.3. The molecule has 0 N–H and O–H groups in total. The molecular weight excluding hydrogens is 282 g/mol. The van der Waals surface area contributed by atoms with Gasteiger partial charge in [0.1, 0.15) is 0 Å². The van der Waals surface area contributed by atoms with Gasteiger partial charge in [-0.1, -0.05) is 11.6 Å². The molecule has 1 aliphatic rings. The van der Waals surface area contributed by atoms with Crippen molar-refractivity contribution in [3.05, 3.63) is 27.4 Å². The number of anilines is 1. The van der Waals surface area contributed by atoms with E-state index >= 15 is 0 Å². The highest BCUT2D eigenvalue weighted by atomic mass is 35.5. The molecule has 9 heteroatoms. The van der Waals surface area contributed by atoms with E-state index in [1.54, 1.807) is 4.90 Å². The van der Waals surface area contributed by atoms with Crippen molar-refractivity contribution >= 4 is 32.9 Å². The van der Waals surface area contributed by atoms with Crippen LogP contribution in [0.15, 0.2) is 12.3 Å². The summed E-state index contributed by atoms with van der Waals surface area (Å²) in [5.74, 6) is 0.127. The topological polar surface area (TPSA) is 93.4 Å². The molecule has 1 fully saturated rings. The summed E-state index contributed by atoms with van der Waals surface area (Å²) < 4.78 is 22.6. The molecule has 0 saturated carbocycles. The molecule has 0 spiro atoms. The Labute approximate surface area is 108 Å². The maximum atomic E-state index is 11.3. The zero-order chi connectivity index (χ0) is 13.3. The van der Waals surface area contributed by atoms with E-state index in [4.69, 9.17) is 11.6 Å². The fraction of sp³-hybridized carbons (Fsp3) is 0.444. The SMILES string of the molecule is O=[N+]([O-])c1cc(Cl)cnc1N1CCS(=O)(=O)CC1. The molecular formula is C9H10ClN3O4S. The minimum atomic E-state index is -3.03. The van der Waals surface area contributed by atoms with Crippen LogP contribution in [0, 0.1) is 10.1 Å². The van der Waals surface area contributed by atoms with Crippen LogP contribution in [0.25, 0.3) is 0 Å². The first-order valence-electron chi connectivity index (χ1n) is 5.14. The maximum Gasteiger partial charge on any atom is 0.313 e. The van der Waals surface area contributed by atoms with Crippen molar-refractivity contribution in [3.63, 3.8) is 0 Å². The number of halogens is 1. The number of hydrogen-bond donors (Lipinski definition) is 0. The van der Waals surface area contributed by atoms with E-state index in [1.807, 2.05) is 0 Å². The number of nitro groups is 1. The average molecular weight is 292 g/mol. The van der Waals surface area contributed by atoms with Crippen LogP contribution in [-0.4, -0.2) is 42.9 Å². The third-order valence-corrected chi connectivity index (χ3v) is 4.47. The van der Waals surface area contributed by atoms with E-state index in [2.05, 4.69) is 4.98 Å². The molecule has 0 aromatic carbocycles. The van der Waals surface area contributed by atoms with Crippen LogP contribution in [0.3, 0.4) is 0 Å². The largest absolute Gasteiger partial charge is 0.349 e. The van der Waals surface area contributed by atoms with Gasteiger partial charge in [0, 0.05) is 25.4 Å². The Morgan fingerprint density at radius 2 is 2.00 bits per heavy atom. The van der Waals surface area contributed by atoms with Gasteiger partial charge >= 0.3 is 5.69 Å². The highest BCUT2D eigenvalue weighted by molar-refractivity contribution is 7.91. The second kappa shape index (κ2) is 4.69.